The fourth-order valence-electron chi connectivity index (χ4n) is 8.91. The van der Waals surface area contributed by atoms with Gasteiger partial charge in [0.25, 0.3) is 0 Å². The standard InChI is InChI=1S/C33H48N2O3/c1-31(2,3)34-29(37)21-35(20-22-9-7-6-8-10-22)30(38)28-14-13-26-25-12-11-23-19-24(36)15-17-32(23,4)27(25)16-18-33(26,28)5/h6-11,24-28,36H,12-21H2,1-5H3,(H,34,37)/t24-,25-,26-,27-,28+,32-,33-/m0/s1. The van der Waals surface area contributed by atoms with Crippen LogP contribution >= 0.6 is 0 Å². The molecule has 7 atom stereocenters. The number of rotatable bonds is 5. The molecule has 0 aliphatic heterocycles. The highest BCUT2D eigenvalue weighted by atomic mass is 16.3. The molecule has 2 amide bonds. The highest BCUT2D eigenvalue weighted by Crippen LogP contribution is 2.66. The number of benzene rings is 1. The van der Waals surface area contributed by atoms with E-state index in [0.717, 1.165) is 56.9 Å². The molecular weight excluding hydrogens is 472 g/mol. The van der Waals surface area contributed by atoms with Gasteiger partial charge in [0.1, 0.15) is 0 Å². The number of fused-ring (bicyclic) bond motifs is 5. The Morgan fingerprint density at radius 3 is 2.47 bits per heavy atom. The molecule has 2 N–H and O–H groups in total. The van der Waals surface area contributed by atoms with E-state index in [1.165, 1.54) is 5.57 Å². The number of carbonyl (C=O) groups is 2. The Labute approximate surface area is 229 Å². The summed E-state index contributed by atoms with van der Waals surface area (Å²) < 4.78 is 0. The number of carbonyl (C=O) groups excluding carboxylic acids is 2. The van der Waals surface area contributed by atoms with Crippen LogP contribution in [0.2, 0.25) is 0 Å². The number of hydrogen-bond donors (Lipinski definition) is 2. The molecule has 0 heterocycles. The largest absolute Gasteiger partial charge is 0.393 e. The predicted octanol–water partition coefficient (Wildman–Crippen LogP) is 5.87. The Morgan fingerprint density at radius 2 is 1.76 bits per heavy atom. The lowest BCUT2D eigenvalue weighted by molar-refractivity contribution is -0.146. The van der Waals surface area contributed by atoms with Crippen molar-refractivity contribution in [3.05, 3.63) is 47.5 Å². The minimum absolute atomic E-state index is 0.0242. The van der Waals surface area contributed by atoms with Crippen molar-refractivity contribution in [3.8, 4) is 0 Å². The molecular formula is C33H48N2O3. The number of nitrogens with one attached hydrogen (secondary N) is 1. The molecule has 3 fully saturated rings. The molecule has 5 heteroatoms. The van der Waals surface area contributed by atoms with Crippen LogP contribution in [0.3, 0.4) is 0 Å². The topological polar surface area (TPSA) is 69.6 Å². The molecule has 5 rings (SSSR count). The van der Waals surface area contributed by atoms with E-state index >= 15 is 0 Å². The molecule has 0 bridgehead atoms. The zero-order valence-electron chi connectivity index (χ0n) is 24.1. The normalized spacial score (nSPS) is 36.4. The van der Waals surface area contributed by atoms with Gasteiger partial charge in [-0.3, -0.25) is 9.59 Å². The molecule has 0 aromatic heterocycles. The van der Waals surface area contributed by atoms with E-state index < -0.39 is 0 Å². The molecule has 38 heavy (non-hydrogen) atoms. The quantitative estimate of drug-likeness (QED) is 0.477. The van der Waals surface area contributed by atoms with Crippen LogP contribution in [0, 0.1) is 34.5 Å². The zero-order chi connectivity index (χ0) is 27.3. The van der Waals surface area contributed by atoms with Crippen LogP contribution in [0.5, 0.6) is 0 Å². The molecule has 4 aliphatic rings. The Morgan fingerprint density at radius 1 is 1.03 bits per heavy atom. The van der Waals surface area contributed by atoms with Crippen LogP contribution in [0.1, 0.15) is 91.5 Å². The number of nitrogens with zero attached hydrogens (tertiary/aromatic N) is 1. The van der Waals surface area contributed by atoms with Crippen molar-refractivity contribution in [1.29, 1.82) is 0 Å². The molecule has 4 aliphatic carbocycles. The van der Waals surface area contributed by atoms with E-state index in [9.17, 15) is 14.7 Å². The average Bonchev–Trinajstić information content (AvgIpc) is 3.20. The van der Waals surface area contributed by atoms with Crippen molar-refractivity contribution in [3.63, 3.8) is 0 Å². The summed E-state index contributed by atoms with van der Waals surface area (Å²) in [4.78, 5) is 29.1. The summed E-state index contributed by atoms with van der Waals surface area (Å²) in [5, 5.41) is 13.4. The number of aliphatic hydroxyl groups is 1. The van der Waals surface area contributed by atoms with Crippen molar-refractivity contribution in [2.45, 2.75) is 104 Å². The molecule has 0 spiro atoms. The van der Waals surface area contributed by atoms with Crippen LogP contribution in [-0.2, 0) is 16.1 Å². The number of amides is 2. The summed E-state index contributed by atoms with van der Waals surface area (Å²) in [7, 11) is 0. The molecule has 5 nitrogen and oxygen atoms in total. The first-order valence-corrected chi connectivity index (χ1v) is 14.9. The Balaban J connectivity index is 1.37. The maximum Gasteiger partial charge on any atom is 0.240 e. The van der Waals surface area contributed by atoms with Crippen molar-refractivity contribution >= 4 is 11.8 Å². The molecule has 208 valence electrons. The Kier molecular flexibility index (Phi) is 7.30. The minimum atomic E-state index is -0.333. The van der Waals surface area contributed by atoms with Crippen LogP contribution in [0.25, 0.3) is 0 Å². The van der Waals surface area contributed by atoms with Gasteiger partial charge in [-0.2, -0.15) is 0 Å². The monoisotopic (exact) mass is 520 g/mol. The highest BCUT2D eigenvalue weighted by molar-refractivity contribution is 5.87. The van der Waals surface area contributed by atoms with Gasteiger partial charge in [0.2, 0.25) is 11.8 Å². The van der Waals surface area contributed by atoms with Crippen LogP contribution in [0.4, 0.5) is 0 Å². The van der Waals surface area contributed by atoms with Gasteiger partial charge >= 0.3 is 0 Å². The molecule has 0 radical (unpaired) electrons. The summed E-state index contributed by atoms with van der Waals surface area (Å²) >= 11 is 0. The third-order valence-corrected chi connectivity index (χ3v) is 10.8. The second-order valence-corrected chi connectivity index (χ2v) is 14.3. The van der Waals surface area contributed by atoms with E-state index in [1.807, 2.05) is 56.0 Å². The van der Waals surface area contributed by atoms with Gasteiger partial charge in [-0.25, -0.2) is 0 Å². The minimum Gasteiger partial charge on any atom is -0.393 e. The van der Waals surface area contributed by atoms with Crippen LogP contribution in [-0.4, -0.2) is 40.0 Å². The summed E-state index contributed by atoms with van der Waals surface area (Å²) in [6, 6.07) is 10.1. The second-order valence-electron chi connectivity index (χ2n) is 14.3. The molecule has 1 aromatic carbocycles. The van der Waals surface area contributed by atoms with E-state index in [2.05, 4.69) is 25.2 Å². The van der Waals surface area contributed by atoms with E-state index in [-0.39, 0.29) is 46.7 Å². The molecule has 0 unspecified atom stereocenters. The van der Waals surface area contributed by atoms with Crippen molar-refractivity contribution in [2.24, 2.45) is 34.5 Å². The predicted molar refractivity (Wildman–Crippen MR) is 151 cm³/mol. The fraction of sp³-hybridized carbons (Fsp3) is 0.697. The summed E-state index contributed by atoms with van der Waals surface area (Å²) in [5.41, 5.74) is 2.40. The number of aliphatic hydroxyl groups excluding tert-OH is 1. The zero-order valence-corrected chi connectivity index (χ0v) is 24.1. The smallest absolute Gasteiger partial charge is 0.240 e. The van der Waals surface area contributed by atoms with Gasteiger partial charge < -0.3 is 15.3 Å². The number of hydrogen-bond acceptors (Lipinski definition) is 3. The Bertz CT molecular complexity index is 1080. The average molecular weight is 521 g/mol. The van der Waals surface area contributed by atoms with E-state index in [4.69, 9.17) is 0 Å². The lowest BCUT2D eigenvalue weighted by atomic mass is 9.47. The summed E-state index contributed by atoms with van der Waals surface area (Å²) in [6.45, 7) is 11.3. The maximum atomic E-state index is 14.3. The van der Waals surface area contributed by atoms with Crippen LogP contribution in [0.15, 0.2) is 42.0 Å². The SMILES string of the molecule is CC(C)(C)NC(=O)CN(Cc1ccccc1)C(=O)[C@H]1CC[C@H]2[C@@H]3CC=C4C[C@@H](O)CC[C@]4(C)[C@H]3CC[C@]12C. The van der Waals surface area contributed by atoms with Crippen LogP contribution < -0.4 is 5.32 Å². The number of allylic oxidation sites excluding steroid dienone is 1. The second kappa shape index (κ2) is 10.1. The van der Waals surface area contributed by atoms with E-state index in [1.54, 1.807) is 0 Å². The van der Waals surface area contributed by atoms with Gasteiger partial charge in [-0.05, 0) is 106 Å². The van der Waals surface area contributed by atoms with Gasteiger partial charge in [0, 0.05) is 18.0 Å². The molecule has 0 saturated heterocycles. The lowest BCUT2D eigenvalue weighted by Crippen LogP contribution is -2.53. The van der Waals surface area contributed by atoms with Gasteiger partial charge in [0.15, 0.2) is 0 Å². The summed E-state index contributed by atoms with van der Waals surface area (Å²) in [5.74, 6) is 1.83. The van der Waals surface area contributed by atoms with Gasteiger partial charge in [-0.1, -0.05) is 55.8 Å². The van der Waals surface area contributed by atoms with Gasteiger partial charge in [-0.15, -0.1) is 0 Å². The van der Waals surface area contributed by atoms with Crippen molar-refractivity contribution < 1.29 is 14.7 Å². The van der Waals surface area contributed by atoms with E-state index in [0.29, 0.717) is 24.3 Å². The Hall–Kier alpha value is -2.14. The van der Waals surface area contributed by atoms with Crippen molar-refractivity contribution in [1.82, 2.24) is 10.2 Å². The highest BCUT2D eigenvalue weighted by Gasteiger charge is 2.60. The first kappa shape index (κ1) is 27.4. The first-order valence-electron chi connectivity index (χ1n) is 14.9. The fourth-order valence-corrected chi connectivity index (χ4v) is 8.91. The summed E-state index contributed by atoms with van der Waals surface area (Å²) in [6.07, 6.45) is 10.5. The molecule has 1 aromatic rings. The third-order valence-electron chi connectivity index (χ3n) is 10.8. The van der Waals surface area contributed by atoms with Gasteiger partial charge in [0.05, 0.1) is 12.6 Å². The van der Waals surface area contributed by atoms with Crippen molar-refractivity contribution in [2.75, 3.05) is 6.54 Å². The first-order chi connectivity index (χ1) is 17.9. The third kappa shape index (κ3) is 5.08. The molecule has 3 saturated carbocycles. The lowest BCUT2D eigenvalue weighted by Gasteiger charge is -2.58. The maximum absolute atomic E-state index is 14.3.